The van der Waals surface area contributed by atoms with Crippen LogP contribution in [0.1, 0.15) is 25.8 Å². The van der Waals surface area contributed by atoms with Crippen LogP contribution in [0.15, 0.2) is 42.5 Å². The zero-order valence-electron chi connectivity index (χ0n) is 15.2. The number of rotatable bonds is 8. The molecule has 26 heavy (non-hydrogen) atoms. The smallest absolute Gasteiger partial charge is 0.241 e. The highest BCUT2D eigenvalue weighted by Gasteiger charge is 2.13. The van der Waals surface area contributed by atoms with E-state index in [-0.39, 0.29) is 11.9 Å². The Kier molecular flexibility index (Phi) is 7.01. The predicted molar refractivity (Wildman–Crippen MR) is 101 cm³/mol. The predicted octanol–water partition coefficient (Wildman–Crippen LogP) is 3.69. The Morgan fingerprint density at radius 3 is 2.42 bits per heavy atom. The molecule has 2 rings (SSSR count). The highest BCUT2D eigenvalue weighted by atomic mass is 16.5. The van der Waals surface area contributed by atoms with Gasteiger partial charge in [-0.05, 0) is 56.8 Å². The van der Waals surface area contributed by atoms with Crippen LogP contribution in [-0.2, 0) is 4.79 Å². The third-order valence-corrected chi connectivity index (χ3v) is 3.80. The van der Waals surface area contributed by atoms with Gasteiger partial charge in [-0.1, -0.05) is 6.92 Å². The number of carbonyl (C=O) groups is 1. The Morgan fingerprint density at radius 1 is 1.15 bits per heavy atom. The van der Waals surface area contributed by atoms with E-state index in [1.807, 2.05) is 13.8 Å². The molecule has 2 N–H and O–H groups in total. The number of carbonyl (C=O) groups excluding carboxylic acids is 1. The van der Waals surface area contributed by atoms with E-state index >= 15 is 0 Å². The maximum absolute atomic E-state index is 12.1. The molecule has 0 spiro atoms. The number of nitriles is 1. The van der Waals surface area contributed by atoms with E-state index in [2.05, 4.69) is 16.7 Å². The van der Waals surface area contributed by atoms with E-state index in [4.69, 9.17) is 14.7 Å². The standard InChI is InChI=1S/C20H23N3O3/c1-4-18(22-3)20(24)23-15-7-10-16(11-8-15)26-17-9-6-14(13-21)19(12-17)25-5-2/h6-12,18,22H,4-5H2,1-3H3,(H,23,24)/t18-/m1/s1. The van der Waals surface area contributed by atoms with Crippen molar-refractivity contribution in [1.29, 1.82) is 5.26 Å². The van der Waals surface area contributed by atoms with E-state index in [0.29, 0.717) is 41.5 Å². The number of anilines is 1. The molecule has 1 atom stereocenters. The van der Waals surface area contributed by atoms with Crippen LogP contribution < -0.4 is 20.1 Å². The molecule has 6 heteroatoms. The van der Waals surface area contributed by atoms with Crippen molar-refractivity contribution in [2.75, 3.05) is 19.0 Å². The number of nitrogens with zero attached hydrogens (tertiary/aromatic N) is 1. The van der Waals surface area contributed by atoms with E-state index in [1.165, 1.54) is 0 Å². The van der Waals surface area contributed by atoms with Crippen LogP contribution in [0, 0.1) is 11.3 Å². The van der Waals surface area contributed by atoms with Crippen molar-refractivity contribution in [2.45, 2.75) is 26.3 Å². The number of likely N-dealkylation sites (N-methyl/N-ethyl adjacent to an activating group) is 1. The molecule has 0 aliphatic carbocycles. The van der Waals surface area contributed by atoms with Gasteiger partial charge in [0.2, 0.25) is 5.91 Å². The molecule has 0 saturated heterocycles. The highest BCUT2D eigenvalue weighted by Crippen LogP contribution is 2.29. The number of hydrogen-bond donors (Lipinski definition) is 2. The summed E-state index contributed by atoms with van der Waals surface area (Å²) in [6.07, 6.45) is 0.713. The number of ether oxygens (including phenoxy) is 2. The average molecular weight is 353 g/mol. The first-order valence-corrected chi connectivity index (χ1v) is 8.54. The van der Waals surface area contributed by atoms with Gasteiger partial charge in [0, 0.05) is 11.8 Å². The SMILES string of the molecule is CCOc1cc(Oc2ccc(NC(=O)[C@@H](CC)NC)cc2)ccc1C#N. The molecule has 136 valence electrons. The van der Waals surface area contributed by atoms with Crippen LogP contribution in [0.2, 0.25) is 0 Å². The molecule has 0 aromatic heterocycles. The second-order valence-electron chi connectivity index (χ2n) is 5.57. The topological polar surface area (TPSA) is 83.4 Å². The third kappa shape index (κ3) is 4.98. The summed E-state index contributed by atoms with van der Waals surface area (Å²) in [7, 11) is 1.76. The minimum atomic E-state index is -0.221. The normalized spacial score (nSPS) is 11.3. The second kappa shape index (κ2) is 9.44. The Balaban J connectivity index is 2.06. The summed E-state index contributed by atoms with van der Waals surface area (Å²) in [5, 5.41) is 14.9. The molecule has 0 unspecified atom stereocenters. The minimum Gasteiger partial charge on any atom is -0.492 e. The molecular formula is C20H23N3O3. The molecule has 0 heterocycles. The van der Waals surface area contributed by atoms with Gasteiger partial charge in [-0.15, -0.1) is 0 Å². The number of benzene rings is 2. The van der Waals surface area contributed by atoms with Crippen LogP contribution in [0.4, 0.5) is 5.69 Å². The van der Waals surface area contributed by atoms with Crippen LogP contribution in [0.5, 0.6) is 17.2 Å². The first-order valence-electron chi connectivity index (χ1n) is 8.54. The summed E-state index contributed by atoms with van der Waals surface area (Å²) in [6.45, 7) is 4.28. The number of amides is 1. The molecule has 0 saturated carbocycles. The molecule has 0 fully saturated rings. The average Bonchev–Trinajstić information content (AvgIpc) is 2.65. The lowest BCUT2D eigenvalue weighted by Crippen LogP contribution is -2.37. The van der Waals surface area contributed by atoms with E-state index < -0.39 is 0 Å². The summed E-state index contributed by atoms with van der Waals surface area (Å²) in [5.74, 6) is 1.62. The fraction of sp³-hybridized carbons (Fsp3) is 0.300. The Hall–Kier alpha value is -3.04. The van der Waals surface area contributed by atoms with E-state index in [9.17, 15) is 4.79 Å². The third-order valence-electron chi connectivity index (χ3n) is 3.80. The molecule has 0 aliphatic rings. The zero-order valence-corrected chi connectivity index (χ0v) is 15.2. The Labute approximate surface area is 153 Å². The first-order chi connectivity index (χ1) is 12.6. The van der Waals surface area contributed by atoms with Crippen molar-refractivity contribution in [1.82, 2.24) is 5.32 Å². The monoisotopic (exact) mass is 353 g/mol. The van der Waals surface area contributed by atoms with Crippen LogP contribution in [0.3, 0.4) is 0 Å². The molecule has 2 aromatic rings. The largest absolute Gasteiger partial charge is 0.492 e. The lowest BCUT2D eigenvalue weighted by atomic mass is 10.2. The van der Waals surface area contributed by atoms with E-state index in [1.54, 1.807) is 49.5 Å². The van der Waals surface area contributed by atoms with Crippen molar-refractivity contribution < 1.29 is 14.3 Å². The van der Waals surface area contributed by atoms with E-state index in [0.717, 1.165) is 0 Å². The molecule has 6 nitrogen and oxygen atoms in total. The van der Waals surface area contributed by atoms with Gasteiger partial charge in [-0.2, -0.15) is 5.26 Å². The summed E-state index contributed by atoms with van der Waals surface area (Å²) in [6, 6.07) is 14.0. The fourth-order valence-electron chi connectivity index (χ4n) is 2.43. The molecular weight excluding hydrogens is 330 g/mol. The molecule has 2 aromatic carbocycles. The summed E-state index contributed by atoms with van der Waals surface area (Å²) in [5.41, 5.74) is 1.16. The van der Waals surface area contributed by atoms with Crippen molar-refractivity contribution in [3.63, 3.8) is 0 Å². The molecule has 1 amide bonds. The van der Waals surface area contributed by atoms with Gasteiger partial charge < -0.3 is 20.1 Å². The molecule has 0 aliphatic heterocycles. The Bertz CT molecular complexity index is 778. The Morgan fingerprint density at radius 2 is 1.85 bits per heavy atom. The maximum atomic E-state index is 12.1. The quantitative estimate of drug-likeness (QED) is 0.756. The zero-order chi connectivity index (χ0) is 18.9. The van der Waals surface area contributed by atoms with Gasteiger partial charge in [-0.3, -0.25) is 4.79 Å². The lowest BCUT2D eigenvalue weighted by Gasteiger charge is -2.14. The van der Waals surface area contributed by atoms with Crippen LogP contribution in [-0.4, -0.2) is 25.6 Å². The van der Waals surface area contributed by atoms with Gasteiger partial charge in [0.15, 0.2) is 0 Å². The number of hydrogen-bond acceptors (Lipinski definition) is 5. The van der Waals surface area contributed by atoms with Gasteiger partial charge in [0.05, 0.1) is 18.2 Å². The lowest BCUT2D eigenvalue weighted by molar-refractivity contribution is -0.118. The summed E-state index contributed by atoms with van der Waals surface area (Å²) >= 11 is 0. The molecule has 0 bridgehead atoms. The van der Waals surface area contributed by atoms with Crippen molar-refractivity contribution in [2.24, 2.45) is 0 Å². The van der Waals surface area contributed by atoms with Crippen LogP contribution >= 0.6 is 0 Å². The summed E-state index contributed by atoms with van der Waals surface area (Å²) in [4.78, 5) is 12.1. The first kappa shape index (κ1) is 19.3. The highest BCUT2D eigenvalue weighted by molar-refractivity contribution is 5.94. The van der Waals surface area contributed by atoms with Gasteiger partial charge >= 0.3 is 0 Å². The molecule has 0 radical (unpaired) electrons. The summed E-state index contributed by atoms with van der Waals surface area (Å²) < 4.78 is 11.3. The van der Waals surface area contributed by atoms with Crippen molar-refractivity contribution in [3.8, 4) is 23.3 Å². The maximum Gasteiger partial charge on any atom is 0.241 e. The fourth-order valence-corrected chi connectivity index (χ4v) is 2.43. The second-order valence-corrected chi connectivity index (χ2v) is 5.57. The van der Waals surface area contributed by atoms with Gasteiger partial charge in [0.1, 0.15) is 23.3 Å². The van der Waals surface area contributed by atoms with Crippen LogP contribution in [0.25, 0.3) is 0 Å². The van der Waals surface area contributed by atoms with Crippen molar-refractivity contribution in [3.05, 3.63) is 48.0 Å². The number of nitrogens with one attached hydrogen (secondary N) is 2. The van der Waals surface area contributed by atoms with Gasteiger partial charge in [-0.25, -0.2) is 0 Å². The van der Waals surface area contributed by atoms with Gasteiger partial charge in [0.25, 0.3) is 0 Å². The van der Waals surface area contributed by atoms with Crippen molar-refractivity contribution >= 4 is 11.6 Å². The minimum absolute atomic E-state index is 0.0721.